The Kier molecular flexibility index (Phi) is 6.45. The molecule has 7 nitrogen and oxygen atoms in total. The van der Waals surface area contributed by atoms with Gasteiger partial charge in [0.1, 0.15) is 5.75 Å². The van der Waals surface area contributed by atoms with Gasteiger partial charge in [-0.15, -0.1) is 0 Å². The highest BCUT2D eigenvalue weighted by molar-refractivity contribution is 7.88. The summed E-state index contributed by atoms with van der Waals surface area (Å²) < 4.78 is 35.6. The Bertz CT molecular complexity index is 689. The molecule has 1 aliphatic rings. The minimum Gasteiger partial charge on any atom is -0.495 e. The van der Waals surface area contributed by atoms with E-state index in [-0.39, 0.29) is 19.2 Å². The van der Waals surface area contributed by atoms with Gasteiger partial charge in [0.15, 0.2) is 0 Å². The van der Waals surface area contributed by atoms with Crippen molar-refractivity contribution >= 4 is 33.2 Å². The van der Waals surface area contributed by atoms with Gasteiger partial charge in [-0.2, -0.15) is 4.31 Å². The van der Waals surface area contributed by atoms with E-state index < -0.39 is 15.9 Å². The predicted molar refractivity (Wildman–Crippen MR) is 92.0 cm³/mol. The Morgan fingerprint density at radius 3 is 2.83 bits per heavy atom. The van der Waals surface area contributed by atoms with Crippen LogP contribution in [0.15, 0.2) is 18.2 Å². The molecule has 1 atom stereocenters. The van der Waals surface area contributed by atoms with Crippen molar-refractivity contribution in [3.8, 4) is 5.75 Å². The third kappa shape index (κ3) is 5.34. The summed E-state index contributed by atoms with van der Waals surface area (Å²) in [4.78, 5) is 12.3. The van der Waals surface area contributed by atoms with Crippen LogP contribution in [0.2, 0.25) is 5.02 Å². The summed E-state index contributed by atoms with van der Waals surface area (Å²) in [6, 6.07) is 4.80. The molecule has 1 aromatic carbocycles. The number of hydrogen-bond acceptors (Lipinski definition) is 5. The number of anilines is 1. The number of amides is 1. The molecule has 1 fully saturated rings. The molecule has 0 aliphatic carbocycles. The van der Waals surface area contributed by atoms with Crippen molar-refractivity contribution in [2.45, 2.75) is 18.9 Å². The first-order valence-corrected chi connectivity index (χ1v) is 9.72. The molecule has 1 amide bonds. The van der Waals surface area contributed by atoms with Crippen LogP contribution < -0.4 is 10.1 Å². The molecule has 1 heterocycles. The van der Waals surface area contributed by atoms with E-state index in [2.05, 4.69) is 5.32 Å². The van der Waals surface area contributed by atoms with Gasteiger partial charge in [-0.3, -0.25) is 4.79 Å². The van der Waals surface area contributed by atoms with Gasteiger partial charge >= 0.3 is 0 Å². The molecular weight excluding hydrogens is 356 g/mol. The zero-order valence-electron chi connectivity index (χ0n) is 13.6. The van der Waals surface area contributed by atoms with Gasteiger partial charge in [-0.25, -0.2) is 8.42 Å². The van der Waals surface area contributed by atoms with Crippen molar-refractivity contribution in [2.24, 2.45) is 0 Å². The second kappa shape index (κ2) is 8.15. The third-order valence-corrected chi connectivity index (χ3v) is 5.11. The lowest BCUT2D eigenvalue weighted by Gasteiger charge is -2.22. The molecule has 2 rings (SSSR count). The van der Waals surface area contributed by atoms with Crippen LogP contribution in [-0.2, 0) is 19.6 Å². The Hall–Kier alpha value is -1.35. The van der Waals surface area contributed by atoms with Crippen LogP contribution in [-0.4, -0.2) is 57.8 Å². The minimum atomic E-state index is -3.53. The minimum absolute atomic E-state index is 0.166. The van der Waals surface area contributed by atoms with Crippen LogP contribution in [0.5, 0.6) is 5.75 Å². The second-order valence-electron chi connectivity index (χ2n) is 5.58. The molecule has 0 saturated carbocycles. The summed E-state index contributed by atoms with van der Waals surface area (Å²) >= 11 is 5.92. The zero-order chi connectivity index (χ0) is 17.7. The van der Waals surface area contributed by atoms with Gasteiger partial charge in [-0.1, -0.05) is 11.6 Å². The molecule has 0 radical (unpaired) electrons. The van der Waals surface area contributed by atoms with Gasteiger partial charge in [0.05, 0.1) is 31.7 Å². The largest absolute Gasteiger partial charge is 0.495 e. The van der Waals surface area contributed by atoms with Crippen LogP contribution in [0.4, 0.5) is 5.69 Å². The van der Waals surface area contributed by atoms with Crippen molar-refractivity contribution in [3.05, 3.63) is 23.2 Å². The van der Waals surface area contributed by atoms with Crippen LogP contribution in [0.1, 0.15) is 12.8 Å². The average Bonchev–Trinajstić information content (AvgIpc) is 2.99. The Morgan fingerprint density at radius 2 is 2.25 bits per heavy atom. The lowest BCUT2D eigenvalue weighted by molar-refractivity contribution is -0.116. The van der Waals surface area contributed by atoms with Gasteiger partial charge in [0.25, 0.3) is 0 Å². The van der Waals surface area contributed by atoms with Crippen molar-refractivity contribution in [2.75, 3.05) is 38.4 Å². The molecule has 1 unspecified atom stereocenters. The number of rotatable bonds is 7. The molecule has 1 N–H and O–H groups in total. The molecule has 0 aromatic heterocycles. The van der Waals surface area contributed by atoms with Crippen molar-refractivity contribution in [3.63, 3.8) is 0 Å². The Morgan fingerprint density at radius 1 is 1.50 bits per heavy atom. The van der Waals surface area contributed by atoms with E-state index in [9.17, 15) is 13.2 Å². The SMILES string of the molecule is COc1ccc(Cl)cc1NC(=O)CN(CC1CCCO1)S(C)(=O)=O. The van der Waals surface area contributed by atoms with Gasteiger partial charge in [0, 0.05) is 18.2 Å². The lowest BCUT2D eigenvalue weighted by Crippen LogP contribution is -2.41. The lowest BCUT2D eigenvalue weighted by atomic mass is 10.2. The third-order valence-electron chi connectivity index (χ3n) is 3.66. The van der Waals surface area contributed by atoms with Gasteiger partial charge < -0.3 is 14.8 Å². The summed E-state index contributed by atoms with van der Waals surface area (Å²) in [5.41, 5.74) is 0.389. The number of ether oxygens (including phenoxy) is 2. The number of nitrogens with one attached hydrogen (secondary N) is 1. The number of carbonyl (C=O) groups is 1. The number of benzene rings is 1. The van der Waals surface area contributed by atoms with Gasteiger partial charge in [-0.05, 0) is 31.0 Å². The number of methoxy groups -OCH3 is 1. The van der Waals surface area contributed by atoms with Crippen LogP contribution in [0.25, 0.3) is 0 Å². The van der Waals surface area contributed by atoms with E-state index in [1.807, 2.05) is 0 Å². The first-order chi connectivity index (χ1) is 11.3. The normalized spacial score (nSPS) is 17.9. The fourth-order valence-electron chi connectivity index (χ4n) is 2.46. The van der Waals surface area contributed by atoms with Crippen molar-refractivity contribution in [1.82, 2.24) is 4.31 Å². The Balaban J connectivity index is 2.06. The molecule has 0 bridgehead atoms. The van der Waals surface area contributed by atoms with E-state index in [1.54, 1.807) is 18.2 Å². The van der Waals surface area contributed by atoms with E-state index in [0.29, 0.717) is 23.1 Å². The highest BCUT2D eigenvalue weighted by Gasteiger charge is 2.26. The molecule has 24 heavy (non-hydrogen) atoms. The Labute approximate surface area is 146 Å². The summed E-state index contributed by atoms with van der Waals surface area (Å²) in [6.45, 7) is 0.488. The quantitative estimate of drug-likeness (QED) is 0.783. The first-order valence-electron chi connectivity index (χ1n) is 7.49. The van der Waals surface area contributed by atoms with Crippen molar-refractivity contribution in [1.29, 1.82) is 0 Å². The molecule has 0 spiro atoms. The maximum atomic E-state index is 12.3. The van der Waals surface area contributed by atoms with E-state index in [1.165, 1.54) is 7.11 Å². The highest BCUT2D eigenvalue weighted by atomic mass is 35.5. The number of hydrogen-bond donors (Lipinski definition) is 1. The summed E-state index contributed by atoms with van der Waals surface area (Å²) in [6.07, 6.45) is 2.59. The van der Waals surface area contributed by atoms with Crippen LogP contribution >= 0.6 is 11.6 Å². The highest BCUT2D eigenvalue weighted by Crippen LogP contribution is 2.27. The maximum absolute atomic E-state index is 12.3. The smallest absolute Gasteiger partial charge is 0.239 e. The summed E-state index contributed by atoms with van der Waals surface area (Å²) in [5.74, 6) is -0.0308. The zero-order valence-corrected chi connectivity index (χ0v) is 15.2. The molecule has 1 saturated heterocycles. The fraction of sp³-hybridized carbons (Fsp3) is 0.533. The van der Waals surface area contributed by atoms with Crippen LogP contribution in [0.3, 0.4) is 0 Å². The number of halogens is 1. The summed E-state index contributed by atoms with van der Waals surface area (Å²) in [5, 5.41) is 3.07. The van der Waals surface area contributed by atoms with E-state index >= 15 is 0 Å². The number of sulfonamides is 1. The van der Waals surface area contributed by atoms with E-state index in [0.717, 1.165) is 23.4 Å². The fourth-order valence-corrected chi connectivity index (χ4v) is 3.42. The van der Waals surface area contributed by atoms with Crippen molar-refractivity contribution < 1.29 is 22.7 Å². The van der Waals surface area contributed by atoms with Gasteiger partial charge in [0.2, 0.25) is 15.9 Å². The number of nitrogens with zero attached hydrogens (tertiary/aromatic N) is 1. The topological polar surface area (TPSA) is 84.9 Å². The predicted octanol–water partition coefficient (Wildman–Crippen LogP) is 1.73. The standard InChI is InChI=1S/C15H21ClN2O5S/c1-22-14-6-5-11(16)8-13(14)17-15(19)10-18(24(2,20)21)9-12-4-3-7-23-12/h5-6,8,12H,3-4,7,9-10H2,1-2H3,(H,17,19). The maximum Gasteiger partial charge on any atom is 0.239 e. The van der Waals surface area contributed by atoms with E-state index in [4.69, 9.17) is 21.1 Å². The average molecular weight is 377 g/mol. The van der Waals surface area contributed by atoms with Crippen LogP contribution in [0, 0.1) is 0 Å². The molecule has 1 aliphatic heterocycles. The first kappa shape index (κ1) is 19.0. The summed E-state index contributed by atoms with van der Waals surface area (Å²) in [7, 11) is -2.06. The molecule has 9 heteroatoms. The molecule has 1 aromatic rings. The number of carbonyl (C=O) groups excluding carboxylic acids is 1. The monoisotopic (exact) mass is 376 g/mol. The molecular formula is C15H21ClN2O5S. The second-order valence-corrected chi connectivity index (χ2v) is 8.00. The molecule has 134 valence electrons.